The molecule has 0 aliphatic heterocycles. The van der Waals surface area contributed by atoms with E-state index in [0.29, 0.717) is 21.4 Å². The van der Waals surface area contributed by atoms with E-state index in [2.05, 4.69) is 10.1 Å². The van der Waals surface area contributed by atoms with Gasteiger partial charge in [0.15, 0.2) is 5.82 Å². The smallest absolute Gasteiger partial charge is 0.172 e. The number of rotatable bonds is 2. The molecule has 0 aliphatic rings. The minimum absolute atomic E-state index is 0.0924. The van der Waals surface area contributed by atoms with Crippen molar-refractivity contribution in [2.75, 3.05) is 0 Å². The molecule has 2 aromatic rings. The topological polar surface area (TPSA) is 50.9 Å². The molecule has 0 aliphatic carbocycles. The summed E-state index contributed by atoms with van der Waals surface area (Å²) in [5.74, 6) is 0.511. The van der Waals surface area contributed by atoms with Crippen molar-refractivity contribution in [3.05, 3.63) is 39.3 Å². The lowest BCUT2D eigenvalue weighted by atomic mass is 10.3. The number of halogens is 2. The Morgan fingerprint density at radius 2 is 2.06 bits per heavy atom. The summed E-state index contributed by atoms with van der Waals surface area (Å²) in [6.45, 7) is 3.58. The first-order chi connectivity index (χ1) is 8.04. The molecule has 2 heterocycles. The molecule has 0 atom stereocenters. The minimum atomic E-state index is -0.0924. The fourth-order valence-corrected chi connectivity index (χ4v) is 1.93. The molecule has 0 radical (unpaired) electrons. The fraction of sp³-hybridized carbons (Fsp3) is 0.273. The quantitative estimate of drug-likeness (QED) is 0.914. The van der Waals surface area contributed by atoms with Crippen LogP contribution in [0.4, 0.5) is 0 Å². The normalized spacial score (nSPS) is 10.9. The van der Waals surface area contributed by atoms with E-state index >= 15 is 0 Å². The zero-order valence-electron chi connectivity index (χ0n) is 9.41. The summed E-state index contributed by atoms with van der Waals surface area (Å²) in [6, 6.07) is 1.66. The van der Waals surface area contributed by atoms with Gasteiger partial charge in [0.2, 0.25) is 0 Å². The largest absolute Gasteiger partial charge is 0.392 e. The second-order valence-electron chi connectivity index (χ2n) is 3.70. The molecule has 0 fully saturated rings. The molecule has 0 aromatic carbocycles. The number of aliphatic hydroxyl groups is 1. The molecular weight excluding hydrogens is 261 g/mol. The van der Waals surface area contributed by atoms with Crippen LogP contribution in [0.1, 0.15) is 17.0 Å². The number of aliphatic hydroxyl groups excluding tert-OH is 1. The van der Waals surface area contributed by atoms with Gasteiger partial charge >= 0.3 is 0 Å². The van der Waals surface area contributed by atoms with Crippen molar-refractivity contribution in [1.82, 2.24) is 14.8 Å². The van der Waals surface area contributed by atoms with Crippen molar-refractivity contribution in [1.29, 1.82) is 0 Å². The third-order valence-electron chi connectivity index (χ3n) is 2.46. The number of aromatic nitrogens is 3. The average Bonchev–Trinajstić information content (AvgIpc) is 2.57. The second-order valence-corrected chi connectivity index (χ2v) is 4.49. The van der Waals surface area contributed by atoms with Crippen molar-refractivity contribution in [3.8, 4) is 5.82 Å². The monoisotopic (exact) mass is 271 g/mol. The molecular formula is C11H11Cl2N3O. The van der Waals surface area contributed by atoms with Gasteiger partial charge in [0, 0.05) is 6.20 Å². The van der Waals surface area contributed by atoms with Crippen molar-refractivity contribution >= 4 is 23.2 Å². The van der Waals surface area contributed by atoms with Gasteiger partial charge < -0.3 is 5.11 Å². The van der Waals surface area contributed by atoms with Crippen molar-refractivity contribution in [3.63, 3.8) is 0 Å². The first-order valence-electron chi connectivity index (χ1n) is 5.02. The van der Waals surface area contributed by atoms with Crippen LogP contribution in [0, 0.1) is 13.8 Å². The summed E-state index contributed by atoms with van der Waals surface area (Å²) in [5.41, 5.74) is 2.18. The summed E-state index contributed by atoms with van der Waals surface area (Å²) in [7, 11) is 0. The number of nitrogens with zero attached hydrogens (tertiary/aromatic N) is 3. The van der Waals surface area contributed by atoms with Crippen LogP contribution in [0.5, 0.6) is 0 Å². The number of hydrogen-bond acceptors (Lipinski definition) is 3. The Morgan fingerprint density at radius 3 is 2.53 bits per heavy atom. The number of aryl methyl sites for hydroxylation is 1. The lowest BCUT2D eigenvalue weighted by Crippen LogP contribution is -2.03. The molecule has 0 saturated carbocycles. The van der Waals surface area contributed by atoms with Crippen LogP contribution in [0.2, 0.25) is 10.0 Å². The highest BCUT2D eigenvalue weighted by atomic mass is 35.5. The second kappa shape index (κ2) is 4.64. The van der Waals surface area contributed by atoms with E-state index in [1.54, 1.807) is 16.9 Å². The van der Waals surface area contributed by atoms with Crippen molar-refractivity contribution < 1.29 is 5.11 Å². The lowest BCUT2D eigenvalue weighted by molar-refractivity contribution is 0.281. The molecule has 4 nitrogen and oxygen atoms in total. The van der Waals surface area contributed by atoms with Crippen LogP contribution in [0.15, 0.2) is 12.3 Å². The van der Waals surface area contributed by atoms with Crippen LogP contribution in [-0.2, 0) is 6.61 Å². The minimum Gasteiger partial charge on any atom is -0.392 e. The highest BCUT2D eigenvalue weighted by Gasteiger charge is 2.14. The summed E-state index contributed by atoms with van der Waals surface area (Å²) in [4.78, 5) is 4.18. The maximum atomic E-state index is 8.98. The Kier molecular flexibility index (Phi) is 3.38. The first kappa shape index (κ1) is 12.4. The molecule has 90 valence electrons. The summed E-state index contributed by atoms with van der Waals surface area (Å²) < 4.78 is 1.60. The molecule has 2 aromatic heterocycles. The van der Waals surface area contributed by atoms with Crippen LogP contribution < -0.4 is 0 Å². The van der Waals surface area contributed by atoms with Gasteiger partial charge in [0.05, 0.1) is 28.0 Å². The van der Waals surface area contributed by atoms with Crippen molar-refractivity contribution in [2.24, 2.45) is 0 Å². The van der Waals surface area contributed by atoms with E-state index in [4.69, 9.17) is 28.3 Å². The molecule has 0 amide bonds. The van der Waals surface area contributed by atoms with Crippen LogP contribution >= 0.6 is 23.2 Å². The highest BCUT2D eigenvalue weighted by Crippen LogP contribution is 2.25. The Bertz CT molecular complexity index is 566. The lowest BCUT2D eigenvalue weighted by Gasteiger charge is -2.06. The van der Waals surface area contributed by atoms with Gasteiger partial charge in [-0.15, -0.1) is 0 Å². The van der Waals surface area contributed by atoms with Crippen LogP contribution in [-0.4, -0.2) is 19.9 Å². The Balaban J connectivity index is 2.57. The predicted octanol–water partition coefficient (Wildman–Crippen LogP) is 2.68. The molecule has 17 heavy (non-hydrogen) atoms. The molecule has 1 N–H and O–H groups in total. The maximum absolute atomic E-state index is 8.98. The van der Waals surface area contributed by atoms with Crippen molar-refractivity contribution in [2.45, 2.75) is 20.5 Å². The summed E-state index contributed by atoms with van der Waals surface area (Å²) >= 11 is 12.2. The van der Waals surface area contributed by atoms with Gasteiger partial charge in [-0.1, -0.05) is 23.2 Å². The SMILES string of the molecule is Cc1nn(-c2ncc(CO)cc2Cl)c(C)c1Cl. The zero-order chi connectivity index (χ0) is 12.6. The fourth-order valence-electron chi connectivity index (χ4n) is 1.54. The van der Waals surface area contributed by atoms with Gasteiger partial charge in [-0.2, -0.15) is 5.10 Å². The van der Waals surface area contributed by atoms with Crippen LogP contribution in [0.3, 0.4) is 0 Å². The van der Waals surface area contributed by atoms with Gasteiger partial charge in [0.25, 0.3) is 0 Å². The Labute approximate surface area is 109 Å². The molecule has 0 saturated heterocycles. The van der Waals surface area contributed by atoms with Gasteiger partial charge in [-0.25, -0.2) is 9.67 Å². The van der Waals surface area contributed by atoms with E-state index in [1.165, 1.54) is 0 Å². The summed E-state index contributed by atoms with van der Waals surface area (Å²) in [5, 5.41) is 14.3. The molecule has 0 bridgehead atoms. The van der Waals surface area contributed by atoms with E-state index in [0.717, 1.165) is 11.4 Å². The maximum Gasteiger partial charge on any atom is 0.172 e. The van der Waals surface area contributed by atoms with Gasteiger partial charge in [-0.3, -0.25) is 0 Å². The van der Waals surface area contributed by atoms with E-state index in [9.17, 15) is 0 Å². The average molecular weight is 272 g/mol. The Morgan fingerprint density at radius 1 is 1.35 bits per heavy atom. The number of hydrogen-bond donors (Lipinski definition) is 1. The van der Waals surface area contributed by atoms with Crippen LogP contribution in [0.25, 0.3) is 5.82 Å². The molecule has 0 spiro atoms. The Hall–Kier alpha value is -1.10. The van der Waals surface area contributed by atoms with Gasteiger partial charge in [0.1, 0.15) is 0 Å². The predicted molar refractivity (Wildman–Crippen MR) is 66.8 cm³/mol. The van der Waals surface area contributed by atoms with E-state index in [-0.39, 0.29) is 6.61 Å². The van der Waals surface area contributed by atoms with Gasteiger partial charge in [-0.05, 0) is 25.5 Å². The highest BCUT2D eigenvalue weighted by molar-refractivity contribution is 6.32. The zero-order valence-corrected chi connectivity index (χ0v) is 10.9. The summed E-state index contributed by atoms with van der Waals surface area (Å²) in [6.07, 6.45) is 1.56. The molecule has 6 heteroatoms. The molecule has 0 unspecified atom stereocenters. The van der Waals surface area contributed by atoms with E-state index in [1.807, 2.05) is 13.8 Å². The molecule has 2 rings (SSSR count). The third kappa shape index (κ3) is 2.16. The standard InChI is InChI=1S/C11H11Cl2N3O/c1-6-10(13)7(2)16(15-6)11-9(12)3-8(5-17)4-14-11/h3-4,17H,5H2,1-2H3. The first-order valence-corrected chi connectivity index (χ1v) is 5.77. The number of pyridine rings is 1. The third-order valence-corrected chi connectivity index (χ3v) is 3.29. The van der Waals surface area contributed by atoms with E-state index < -0.39 is 0 Å².